The average Bonchev–Trinajstić information content (AvgIpc) is 2.07. The topological polar surface area (TPSA) is 41.1 Å². The molecule has 0 aliphatic carbocycles. The van der Waals surface area contributed by atoms with Crippen LogP contribution >= 0.6 is 0 Å². The first kappa shape index (κ1) is 7.60. The van der Waals surface area contributed by atoms with Gasteiger partial charge in [-0.1, -0.05) is 0 Å². The standard InChI is InChI=1S/C8H9N2O/c1-9-7-2-4-8(5-3-7)10-6-11/h2-5,9H,1H3,(H,10,11). The lowest BCUT2D eigenvalue weighted by Gasteiger charge is -2.00. The zero-order valence-electron chi connectivity index (χ0n) is 6.22. The summed E-state index contributed by atoms with van der Waals surface area (Å²) in [4.78, 5) is 9.88. The highest BCUT2D eigenvalue weighted by atomic mass is 16.1. The van der Waals surface area contributed by atoms with Gasteiger partial charge in [0.25, 0.3) is 0 Å². The van der Waals surface area contributed by atoms with Gasteiger partial charge >= 0.3 is 6.41 Å². The third-order valence-electron chi connectivity index (χ3n) is 1.37. The van der Waals surface area contributed by atoms with Crippen LogP contribution in [0, 0.1) is 0 Å². The van der Waals surface area contributed by atoms with Crippen molar-refractivity contribution in [2.75, 3.05) is 17.7 Å². The molecule has 1 aromatic carbocycles. The van der Waals surface area contributed by atoms with Gasteiger partial charge in [-0.3, -0.25) is 4.79 Å². The van der Waals surface area contributed by atoms with Crippen molar-refractivity contribution < 1.29 is 4.79 Å². The van der Waals surface area contributed by atoms with Gasteiger partial charge in [-0.05, 0) is 24.3 Å². The second-order valence-electron chi connectivity index (χ2n) is 2.05. The lowest BCUT2D eigenvalue weighted by Crippen LogP contribution is -1.93. The minimum atomic E-state index is 0.749. The van der Waals surface area contributed by atoms with Gasteiger partial charge in [0.15, 0.2) is 0 Å². The van der Waals surface area contributed by atoms with Gasteiger partial charge in [-0.25, -0.2) is 0 Å². The smallest absolute Gasteiger partial charge is 0.314 e. The van der Waals surface area contributed by atoms with Crippen LogP contribution in [-0.4, -0.2) is 13.5 Å². The van der Waals surface area contributed by atoms with E-state index in [2.05, 4.69) is 10.6 Å². The molecule has 0 saturated carbocycles. The van der Waals surface area contributed by atoms with E-state index in [0.29, 0.717) is 0 Å². The molecular formula is C8H9N2O. The molecule has 0 atom stereocenters. The molecule has 1 amide bonds. The van der Waals surface area contributed by atoms with Crippen LogP contribution in [0.3, 0.4) is 0 Å². The van der Waals surface area contributed by atoms with Gasteiger partial charge in [-0.15, -0.1) is 0 Å². The maximum Gasteiger partial charge on any atom is 0.314 e. The Morgan fingerprint density at radius 2 is 1.73 bits per heavy atom. The van der Waals surface area contributed by atoms with E-state index in [0.717, 1.165) is 11.4 Å². The fourth-order valence-electron chi connectivity index (χ4n) is 0.779. The number of hydrogen-bond donors (Lipinski definition) is 2. The van der Waals surface area contributed by atoms with Gasteiger partial charge in [-0.2, -0.15) is 0 Å². The number of rotatable bonds is 3. The monoisotopic (exact) mass is 149 g/mol. The quantitative estimate of drug-likeness (QED) is 0.634. The van der Waals surface area contributed by atoms with E-state index in [1.807, 2.05) is 19.2 Å². The van der Waals surface area contributed by atoms with E-state index < -0.39 is 0 Å². The van der Waals surface area contributed by atoms with Crippen LogP contribution < -0.4 is 10.6 Å². The predicted octanol–water partition coefficient (Wildman–Crippen LogP) is 1.21. The molecule has 0 aliphatic heterocycles. The maximum atomic E-state index is 9.88. The Morgan fingerprint density at radius 1 is 1.18 bits per heavy atom. The summed E-state index contributed by atoms with van der Waals surface area (Å²) in [6, 6.07) is 7.35. The minimum absolute atomic E-state index is 0.749. The summed E-state index contributed by atoms with van der Waals surface area (Å²) in [5, 5.41) is 5.40. The molecule has 1 rings (SSSR count). The fraction of sp³-hybridized carbons (Fsp3) is 0.125. The Kier molecular flexibility index (Phi) is 2.49. The van der Waals surface area contributed by atoms with Crippen molar-refractivity contribution in [3.05, 3.63) is 24.3 Å². The van der Waals surface area contributed by atoms with E-state index in [4.69, 9.17) is 0 Å². The zero-order chi connectivity index (χ0) is 8.10. The molecule has 0 heterocycles. The molecule has 11 heavy (non-hydrogen) atoms. The normalized spacial score (nSPS) is 8.82. The molecule has 1 radical (unpaired) electrons. The molecule has 0 aromatic heterocycles. The summed E-state index contributed by atoms with van der Waals surface area (Å²) in [7, 11) is 1.84. The molecule has 0 aliphatic rings. The Bertz CT molecular complexity index is 230. The largest absolute Gasteiger partial charge is 0.388 e. The van der Waals surface area contributed by atoms with Crippen molar-refractivity contribution >= 4 is 17.8 Å². The van der Waals surface area contributed by atoms with Crippen LogP contribution in [0.5, 0.6) is 0 Å². The van der Waals surface area contributed by atoms with Crippen LogP contribution in [0.15, 0.2) is 24.3 Å². The fourth-order valence-corrected chi connectivity index (χ4v) is 0.779. The molecule has 57 valence electrons. The minimum Gasteiger partial charge on any atom is -0.388 e. The average molecular weight is 149 g/mol. The molecule has 0 spiro atoms. The van der Waals surface area contributed by atoms with E-state index in [9.17, 15) is 4.79 Å². The Balaban J connectivity index is 2.74. The van der Waals surface area contributed by atoms with E-state index in [1.165, 1.54) is 0 Å². The maximum absolute atomic E-state index is 9.88. The highest BCUT2D eigenvalue weighted by Gasteiger charge is 1.89. The predicted molar refractivity (Wildman–Crippen MR) is 45.3 cm³/mol. The van der Waals surface area contributed by atoms with Crippen molar-refractivity contribution in [2.24, 2.45) is 0 Å². The first-order valence-electron chi connectivity index (χ1n) is 3.28. The van der Waals surface area contributed by atoms with Gasteiger partial charge in [0, 0.05) is 18.4 Å². The van der Waals surface area contributed by atoms with E-state index >= 15 is 0 Å². The zero-order valence-corrected chi connectivity index (χ0v) is 6.22. The molecule has 3 nitrogen and oxygen atoms in total. The third-order valence-corrected chi connectivity index (χ3v) is 1.37. The summed E-state index contributed by atoms with van der Waals surface area (Å²) >= 11 is 0. The third kappa shape index (κ3) is 1.97. The molecule has 0 unspecified atom stereocenters. The van der Waals surface area contributed by atoms with Crippen LogP contribution in [0.1, 0.15) is 0 Å². The molecule has 1 aromatic rings. The summed E-state index contributed by atoms with van der Waals surface area (Å²) in [5.74, 6) is 0. The van der Waals surface area contributed by atoms with Crippen molar-refractivity contribution in [3.63, 3.8) is 0 Å². The Labute approximate surface area is 65.4 Å². The summed E-state index contributed by atoms with van der Waals surface area (Å²) < 4.78 is 0. The first-order chi connectivity index (χ1) is 5.36. The number of amides is 1. The second kappa shape index (κ2) is 3.61. The van der Waals surface area contributed by atoms with Crippen molar-refractivity contribution in [1.82, 2.24) is 0 Å². The molecule has 0 bridgehead atoms. The van der Waals surface area contributed by atoms with Gasteiger partial charge in [0.1, 0.15) is 0 Å². The van der Waals surface area contributed by atoms with Crippen LogP contribution in [0.4, 0.5) is 11.4 Å². The molecule has 2 N–H and O–H groups in total. The number of nitrogens with one attached hydrogen (secondary N) is 2. The summed E-state index contributed by atoms with van der Waals surface area (Å²) in [5.41, 5.74) is 1.76. The SMILES string of the molecule is CNc1ccc(N[C]=O)cc1. The number of carbonyl (C=O) groups excluding carboxylic acids is 1. The number of benzene rings is 1. The number of anilines is 2. The Hall–Kier alpha value is -1.51. The lowest BCUT2D eigenvalue weighted by atomic mass is 10.3. The van der Waals surface area contributed by atoms with Crippen molar-refractivity contribution in [2.45, 2.75) is 0 Å². The van der Waals surface area contributed by atoms with Crippen molar-refractivity contribution in [3.8, 4) is 0 Å². The van der Waals surface area contributed by atoms with E-state index in [1.54, 1.807) is 18.5 Å². The van der Waals surface area contributed by atoms with Gasteiger partial charge in [0.05, 0.1) is 0 Å². The number of hydrogen-bond acceptors (Lipinski definition) is 2. The first-order valence-corrected chi connectivity index (χ1v) is 3.28. The van der Waals surface area contributed by atoms with E-state index in [-0.39, 0.29) is 0 Å². The molecule has 0 fully saturated rings. The van der Waals surface area contributed by atoms with Crippen LogP contribution in [0.2, 0.25) is 0 Å². The lowest BCUT2D eigenvalue weighted by molar-refractivity contribution is 0.561. The van der Waals surface area contributed by atoms with Crippen LogP contribution in [-0.2, 0) is 4.79 Å². The molecule has 3 heteroatoms. The highest BCUT2D eigenvalue weighted by Crippen LogP contribution is 2.11. The molecular weight excluding hydrogens is 140 g/mol. The van der Waals surface area contributed by atoms with Crippen molar-refractivity contribution in [1.29, 1.82) is 0 Å². The molecule has 0 saturated heterocycles. The summed E-state index contributed by atoms with van der Waals surface area (Å²) in [6.45, 7) is 0. The van der Waals surface area contributed by atoms with Crippen LogP contribution in [0.25, 0.3) is 0 Å². The second-order valence-corrected chi connectivity index (χ2v) is 2.05. The highest BCUT2D eigenvalue weighted by molar-refractivity contribution is 5.72. The van der Waals surface area contributed by atoms with Gasteiger partial charge < -0.3 is 10.6 Å². The summed E-state index contributed by atoms with van der Waals surface area (Å²) in [6.07, 6.45) is 1.60. The van der Waals surface area contributed by atoms with Gasteiger partial charge in [0.2, 0.25) is 0 Å². The Morgan fingerprint density at radius 3 is 2.18 bits per heavy atom.